The van der Waals surface area contributed by atoms with Gasteiger partial charge in [0.25, 0.3) is 6.43 Å². The lowest BCUT2D eigenvalue weighted by Gasteiger charge is -2.03. The van der Waals surface area contributed by atoms with Crippen LogP contribution >= 0.6 is 0 Å². The number of nitrogens with zero attached hydrogens (tertiary/aromatic N) is 1. The zero-order chi connectivity index (χ0) is 10.1. The van der Waals surface area contributed by atoms with Gasteiger partial charge in [0.15, 0.2) is 0 Å². The van der Waals surface area contributed by atoms with Crippen LogP contribution in [0.4, 0.5) is 13.2 Å². The minimum Gasteiger partial charge on any atom is -0.342 e. The van der Waals surface area contributed by atoms with Crippen molar-refractivity contribution in [3.05, 3.63) is 36.3 Å². The molecule has 0 radical (unpaired) electrons. The maximum absolute atomic E-state index is 12.8. The molecule has 0 amide bonds. The average Bonchev–Trinajstić information content (AvgIpc) is 2.47. The molecular formula is C10H8F3N. The van der Waals surface area contributed by atoms with Crippen LogP contribution < -0.4 is 0 Å². The van der Waals surface area contributed by atoms with Gasteiger partial charge < -0.3 is 4.57 Å². The van der Waals surface area contributed by atoms with E-state index in [1.165, 1.54) is 22.9 Å². The third-order valence-electron chi connectivity index (χ3n) is 2.07. The van der Waals surface area contributed by atoms with Crippen molar-refractivity contribution in [2.24, 2.45) is 0 Å². The predicted molar refractivity (Wildman–Crippen MR) is 47.9 cm³/mol. The van der Waals surface area contributed by atoms with Gasteiger partial charge in [0.05, 0.1) is 12.1 Å². The summed E-state index contributed by atoms with van der Waals surface area (Å²) in [5.41, 5.74) is 0.505. The van der Waals surface area contributed by atoms with Crippen LogP contribution in [0.25, 0.3) is 10.9 Å². The van der Waals surface area contributed by atoms with Gasteiger partial charge in [0, 0.05) is 6.20 Å². The van der Waals surface area contributed by atoms with Crippen molar-refractivity contribution < 1.29 is 13.2 Å². The van der Waals surface area contributed by atoms with E-state index in [1.54, 1.807) is 12.1 Å². The summed E-state index contributed by atoms with van der Waals surface area (Å²) in [6.07, 6.45) is -0.884. The molecule has 1 heterocycles. The second-order valence-corrected chi connectivity index (χ2v) is 3.06. The Labute approximate surface area is 78.8 Å². The first-order chi connectivity index (χ1) is 6.66. The van der Waals surface area contributed by atoms with Crippen molar-refractivity contribution in [2.45, 2.75) is 13.0 Å². The van der Waals surface area contributed by atoms with Crippen LogP contribution in [0.15, 0.2) is 30.5 Å². The number of aromatic nitrogens is 1. The van der Waals surface area contributed by atoms with Gasteiger partial charge in [-0.05, 0) is 29.7 Å². The maximum Gasteiger partial charge on any atom is 0.256 e. The highest BCUT2D eigenvalue weighted by molar-refractivity contribution is 5.80. The standard InChI is InChI=1S/C10H8F3N/c11-8-2-1-7-3-4-14(6-10(12)13)9(7)5-8/h1-5,10H,6H2. The van der Waals surface area contributed by atoms with Crippen LogP contribution in [-0.4, -0.2) is 11.0 Å². The predicted octanol–water partition coefficient (Wildman–Crippen LogP) is 3.05. The summed E-state index contributed by atoms with van der Waals surface area (Å²) in [6.45, 7) is -0.396. The van der Waals surface area contributed by atoms with Gasteiger partial charge >= 0.3 is 0 Å². The van der Waals surface area contributed by atoms with Gasteiger partial charge in [-0.25, -0.2) is 13.2 Å². The number of hydrogen-bond acceptors (Lipinski definition) is 0. The van der Waals surface area contributed by atoms with E-state index >= 15 is 0 Å². The number of rotatable bonds is 2. The fourth-order valence-electron chi connectivity index (χ4n) is 1.46. The number of halogens is 3. The quantitative estimate of drug-likeness (QED) is 0.700. The van der Waals surface area contributed by atoms with E-state index in [1.807, 2.05) is 0 Å². The van der Waals surface area contributed by atoms with Gasteiger partial charge in [0.2, 0.25) is 0 Å². The van der Waals surface area contributed by atoms with Crippen LogP contribution in [0.2, 0.25) is 0 Å². The summed E-state index contributed by atoms with van der Waals surface area (Å²) in [5.74, 6) is -0.410. The third kappa shape index (κ3) is 1.60. The SMILES string of the molecule is Fc1ccc2ccn(CC(F)F)c2c1. The summed E-state index contributed by atoms with van der Waals surface area (Å²) in [4.78, 5) is 0. The molecule has 0 unspecified atom stereocenters. The van der Waals surface area contributed by atoms with E-state index in [0.717, 1.165) is 5.39 Å². The first-order valence-electron chi connectivity index (χ1n) is 4.19. The topological polar surface area (TPSA) is 4.93 Å². The number of alkyl halides is 2. The lowest BCUT2D eigenvalue weighted by atomic mass is 10.2. The third-order valence-corrected chi connectivity index (χ3v) is 2.07. The number of fused-ring (bicyclic) bond motifs is 1. The van der Waals surface area contributed by atoms with Gasteiger partial charge in [0.1, 0.15) is 5.82 Å². The van der Waals surface area contributed by atoms with Gasteiger partial charge in [-0.15, -0.1) is 0 Å². The van der Waals surface area contributed by atoms with E-state index in [2.05, 4.69) is 0 Å². The molecule has 0 fully saturated rings. The number of hydrogen-bond donors (Lipinski definition) is 0. The molecule has 0 aliphatic carbocycles. The Balaban J connectivity index is 2.50. The molecule has 0 bridgehead atoms. The highest BCUT2D eigenvalue weighted by atomic mass is 19.3. The summed E-state index contributed by atoms with van der Waals surface area (Å²) < 4.78 is 38.4. The lowest BCUT2D eigenvalue weighted by molar-refractivity contribution is 0.128. The van der Waals surface area contributed by atoms with Gasteiger partial charge in [-0.3, -0.25) is 0 Å². The summed E-state index contributed by atoms with van der Waals surface area (Å²) in [6, 6.07) is 5.84. The van der Waals surface area contributed by atoms with Gasteiger partial charge in [-0.2, -0.15) is 0 Å². The van der Waals surface area contributed by atoms with Crippen molar-refractivity contribution in [2.75, 3.05) is 0 Å². The van der Waals surface area contributed by atoms with E-state index in [9.17, 15) is 13.2 Å². The molecule has 0 N–H and O–H groups in total. The summed E-state index contributed by atoms with van der Waals surface area (Å²) in [7, 11) is 0. The molecule has 14 heavy (non-hydrogen) atoms. The Hall–Kier alpha value is -1.45. The van der Waals surface area contributed by atoms with Crippen molar-refractivity contribution in [1.82, 2.24) is 4.57 Å². The van der Waals surface area contributed by atoms with Crippen LogP contribution in [0, 0.1) is 5.82 Å². The molecule has 4 heteroatoms. The molecule has 1 aromatic carbocycles. The highest BCUT2D eigenvalue weighted by Gasteiger charge is 2.07. The molecule has 0 atom stereocenters. The van der Waals surface area contributed by atoms with Crippen LogP contribution in [0.3, 0.4) is 0 Å². The zero-order valence-electron chi connectivity index (χ0n) is 7.25. The maximum atomic E-state index is 12.8. The molecule has 2 aromatic rings. The molecule has 0 spiro atoms. The van der Waals surface area contributed by atoms with Crippen LogP contribution in [0.5, 0.6) is 0 Å². The van der Waals surface area contributed by atoms with Crippen LogP contribution in [0.1, 0.15) is 0 Å². The Kier molecular flexibility index (Phi) is 2.19. The van der Waals surface area contributed by atoms with Crippen LogP contribution in [-0.2, 0) is 6.54 Å². The van der Waals surface area contributed by atoms with E-state index in [0.29, 0.717) is 5.52 Å². The van der Waals surface area contributed by atoms with Crippen molar-refractivity contribution in [3.63, 3.8) is 0 Å². The summed E-state index contributed by atoms with van der Waals surface area (Å²) >= 11 is 0. The monoisotopic (exact) mass is 199 g/mol. The smallest absolute Gasteiger partial charge is 0.256 e. The molecule has 74 valence electrons. The normalized spacial score (nSPS) is 11.4. The first-order valence-corrected chi connectivity index (χ1v) is 4.19. The molecule has 1 aromatic heterocycles. The number of benzene rings is 1. The molecule has 1 nitrogen and oxygen atoms in total. The van der Waals surface area contributed by atoms with E-state index in [4.69, 9.17) is 0 Å². The largest absolute Gasteiger partial charge is 0.342 e. The Morgan fingerprint density at radius 3 is 2.71 bits per heavy atom. The Morgan fingerprint density at radius 2 is 2.00 bits per heavy atom. The second kappa shape index (κ2) is 3.36. The minimum absolute atomic E-state index is 0.396. The molecule has 0 aliphatic rings. The van der Waals surface area contributed by atoms with E-state index < -0.39 is 18.8 Å². The van der Waals surface area contributed by atoms with Crippen molar-refractivity contribution >= 4 is 10.9 Å². The molecule has 2 rings (SSSR count). The average molecular weight is 199 g/mol. The Morgan fingerprint density at radius 1 is 1.21 bits per heavy atom. The molecule has 0 saturated carbocycles. The second-order valence-electron chi connectivity index (χ2n) is 3.06. The fraction of sp³-hybridized carbons (Fsp3) is 0.200. The van der Waals surface area contributed by atoms with Gasteiger partial charge in [-0.1, -0.05) is 0 Å². The fourth-order valence-corrected chi connectivity index (χ4v) is 1.46. The van der Waals surface area contributed by atoms with E-state index in [-0.39, 0.29) is 0 Å². The minimum atomic E-state index is -2.42. The Bertz CT molecular complexity index is 448. The van der Waals surface area contributed by atoms with Crippen molar-refractivity contribution in [1.29, 1.82) is 0 Å². The molecule has 0 saturated heterocycles. The van der Waals surface area contributed by atoms with Crippen molar-refractivity contribution in [3.8, 4) is 0 Å². The molecule has 0 aliphatic heterocycles. The first kappa shape index (κ1) is 9.12. The lowest BCUT2D eigenvalue weighted by Crippen LogP contribution is -2.04. The molecular weight excluding hydrogens is 191 g/mol. The zero-order valence-corrected chi connectivity index (χ0v) is 7.25. The highest BCUT2D eigenvalue weighted by Crippen LogP contribution is 2.17. The summed E-state index contributed by atoms with van der Waals surface area (Å²) in [5, 5.41) is 0.770.